The van der Waals surface area contributed by atoms with Crippen molar-refractivity contribution in [3.05, 3.63) is 65.5 Å². The molecule has 0 saturated carbocycles. The quantitative estimate of drug-likeness (QED) is 0.620. The topological polar surface area (TPSA) is 30.0 Å². The molecule has 0 saturated heterocycles. The first-order valence-corrected chi connectivity index (χ1v) is 6.92. The van der Waals surface area contributed by atoms with Crippen LogP contribution < -0.4 is 0 Å². The predicted molar refractivity (Wildman–Crippen MR) is 82.3 cm³/mol. The number of carbonyl (C=O) groups is 1. The molecule has 0 N–H and O–H groups in total. The fraction of sp³-hybridized carbons (Fsp3) is 0.111. The van der Waals surface area contributed by atoms with Crippen LogP contribution in [0.1, 0.15) is 21.5 Å². The van der Waals surface area contributed by atoms with Gasteiger partial charge in [0.25, 0.3) is 0 Å². The Bertz CT molecular complexity index is 895. The molecule has 0 aliphatic heterocycles. The van der Waals surface area contributed by atoms with Crippen LogP contribution in [0.4, 0.5) is 13.2 Å². The van der Waals surface area contributed by atoms with Crippen molar-refractivity contribution in [1.82, 2.24) is 4.98 Å². The highest BCUT2D eigenvalue weighted by Crippen LogP contribution is 2.37. The fourth-order valence-electron chi connectivity index (χ4n) is 2.66. The number of alkyl halides is 3. The van der Waals surface area contributed by atoms with Crippen molar-refractivity contribution in [2.75, 3.05) is 0 Å². The fourth-order valence-corrected chi connectivity index (χ4v) is 2.66. The molecule has 0 aliphatic carbocycles. The van der Waals surface area contributed by atoms with E-state index < -0.39 is 11.7 Å². The van der Waals surface area contributed by atoms with E-state index in [2.05, 4.69) is 4.98 Å². The molecule has 0 bridgehead atoms. The molecule has 3 aromatic rings. The Morgan fingerprint density at radius 2 is 1.83 bits per heavy atom. The monoisotopic (exact) mass is 315 g/mol. The summed E-state index contributed by atoms with van der Waals surface area (Å²) in [6.45, 7) is 1.30. The summed E-state index contributed by atoms with van der Waals surface area (Å²) in [6.07, 6.45) is -0.900. The molecular formula is C18H12F3NO. The molecule has 3 rings (SSSR count). The molecule has 5 heteroatoms. The van der Waals surface area contributed by atoms with E-state index in [0.717, 1.165) is 16.8 Å². The van der Waals surface area contributed by atoms with Gasteiger partial charge < -0.3 is 0 Å². The molecule has 0 fully saturated rings. The Labute approximate surface area is 130 Å². The van der Waals surface area contributed by atoms with E-state index in [9.17, 15) is 18.0 Å². The molecule has 0 amide bonds. The summed E-state index contributed by atoms with van der Waals surface area (Å²) in [7, 11) is 0. The third kappa shape index (κ3) is 2.70. The van der Waals surface area contributed by atoms with Gasteiger partial charge in [0, 0.05) is 28.9 Å². The van der Waals surface area contributed by atoms with Gasteiger partial charge in [-0.15, -0.1) is 0 Å². The van der Waals surface area contributed by atoms with E-state index >= 15 is 0 Å². The van der Waals surface area contributed by atoms with E-state index in [0.29, 0.717) is 17.4 Å². The summed E-state index contributed by atoms with van der Waals surface area (Å²) >= 11 is 0. The standard InChI is InChI=1S/C18H12F3NO/c1-11-14(10-23)6-13(7-17(11)18(19,20)21)16-9-22-8-12-4-2-3-5-15(12)16/h2-10H,1H3. The van der Waals surface area contributed by atoms with E-state index in [1.54, 1.807) is 6.20 Å². The third-order valence-electron chi connectivity index (χ3n) is 3.86. The summed E-state index contributed by atoms with van der Waals surface area (Å²) in [6, 6.07) is 9.85. The number of hydrogen-bond acceptors (Lipinski definition) is 2. The minimum Gasteiger partial charge on any atom is -0.298 e. The van der Waals surface area contributed by atoms with Gasteiger partial charge in [0.2, 0.25) is 0 Å². The average molecular weight is 315 g/mol. The second-order valence-electron chi connectivity index (χ2n) is 5.26. The largest absolute Gasteiger partial charge is 0.416 e. The molecule has 2 nitrogen and oxygen atoms in total. The van der Waals surface area contributed by atoms with Gasteiger partial charge in [0.1, 0.15) is 6.29 Å². The lowest BCUT2D eigenvalue weighted by Gasteiger charge is -2.15. The number of benzene rings is 2. The smallest absolute Gasteiger partial charge is 0.298 e. The van der Waals surface area contributed by atoms with E-state index in [1.165, 1.54) is 19.2 Å². The Hall–Kier alpha value is -2.69. The van der Waals surface area contributed by atoms with Crippen LogP contribution in [0.15, 0.2) is 48.8 Å². The Morgan fingerprint density at radius 3 is 2.52 bits per heavy atom. The van der Waals surface area contributed by atoms with Crippen LogP contribution >= 0.6 is 0 Å². The minimum absolute atomic E-state index is 0.0303. The summed E-state index contributed by atoms with van der Waals surface area (Å²) in [4.78, 5) is 15.3. The zero-order valence-corrected chi connectivity index (χ0v) is 12.2. The minimum atomic E-state index is -4.52. The Morgan fingerprint density at radius 1 is 1.09 bits per heavy atom. The maximum atomic E-state index is 13.2. The van der Waals surface area contributed by atoms with Crippen molar-refractivity contribution in [2.45, 2.75) is 13.1 Å². The molecule has 23 heavy (non-hydrogen) atoms. The van der Waals surface area contributed by atoms with Gasteiger partial charge >= 0.3 is 6.18 Å². The molecule has 0 unspecified atom stereocenters. The number of rotatable bonds is 2. The van der Waals surface area contributed by atoms with Crippen LogP contribution in [0.5, 0.6) is 0 Å². The number of halogens is 3. The lowest BCUT2D eigenvalue weighted by Crippen LogP contribution is -2.09. The van der Waals surface area contributed by atoms with Gasteiger partial charge in [-0.2, -0.15) is 13.2 Å². The van der Waals surface area contributed by atoms with Crippen molar-refractivity contribution in [3.8, 4) is 11.1 Å². The first kappa shape index (κ1) is 15.2. The molecule has 0 radical (unpaired) electrons. The summed E-state index contributed by atoms with van der Waals surface area (Å²) in [5, 5.41) is 1.61. The summed E-state index contributed by atoms with van der Waals surface area (Å²) in [5.74, 6) is 0. The van der Waals surface area contributed by atoms with Crippen molar-refractivity contribution in [1.29, 1.82) is 0 Å². The van der Waals surface area contributed by atoms with Crippen molar-refractivity contribution in [3.63, 3.8) is 0 Å². The SMILES string of the molecule is Cc1c(C=O)cc(-c2cncc3ccccc23)cc1C(F)(F)F. The van der Waals surface area contributed by atoms with E-state index in [4.69, 9.17) is 0 Å². The molecule has 0 spiro atoms. The first-order chi connectivity index (χ1) is 10.9. The molecule has 1 heterocycles. The number of pyridine rings is 1. The van der Waals surface area contributed by atoms with Crippen molar-refractivity contribution < 1.29 is 18.0 Å². The second-order valence-corrected chi connectivity index (χ2v) is 5.26. The number of carbonyl (C=O) groups excluding carboxylic acids is 1. The summed E-state index contributed by atoms with van der Waals surface area (Å²) < 4.78 is 39.7. The zero-order valence-electron chi connectivity index (χ0n) is 12.2. The lowest BCUT2D eigenvalue weighted by molar-refractivity contribution is -0.138. The number of aldehydes is 1. The van der Waals surface area contributed by atoms with Crippen LogP contribution in [-0.2, 0) is 6.18 Å². The Balaban J connectivity index is 2.33. The molecule has 2 aromatic carbocycles. The zero-order chi connectivity index (χ0) is 16.6. The number of nitrogens with zero attached hydrogens (tertiary/aromatic N) is 1. The van der Waals surface area contributed by atoms with Crippen LogP contribution in [0.3, 0.4) is 0 Å². The highest BCUT2D eigenvalue weighted by molar-refractivity contribution is 5.97. The first-order valence-electron chi connectivity index (χ1n) is 6.92. The summed E-state index contributed by atoms with van der Waals surface area (Å²) in [5.41, 5.74) is 0.0586. The van der Waals surface area contributed by atoms with Gasteiger partial charge in [-0.05, 0) is 35.6 Å². The number of aromatic nitrogens is 1. The molecule has 116 valence electrons. The van der Waals surface area contributed by atoms with Crippen molar-refractivity contribution >= 4 is 17.1 Å². The highest BCUT2D eigenvalue weighted by atomic mass is 19.4. The van der Waals surface area contributed by atoms with Crippen LogP contribution in [0.2, 0.25) is 0 Å². The maximum Gasteiger partial charge on any atom is 0.416 e. The van der Waals surface area contributed by atoms with Gasteiger partial charge in [-0.3, -0.25) is 9.78 Å². The average Bonchev–Trinajstić information content (AvgIpc) is 2.53. The Kier molecular flexibility index (Phi) is 3.64. The van der Waals surface area contributed by atoms with Crippen LogP contribution in [0, 0.1) is 6.92 Å². The highest BCUT2D eigenvalue weighted by Gasteiger charge is 2.33. The maximum absolute atomic E-state index is 13.2. The molecular weight excluding hydrogens is 303 g/mol. The van der Waals surface area contributed by atoms with Gasteiger partial charge in [-0.25, -0.2) is 0 Å². The number of hydrogen-bond donors (Lipinski definition) is 0. The molecule has 0 atom stereocenters. The van der Waals surface area contributed by atoms with Crippen molar-refractivity contribution in [2.24, 2.45) is 0 Å². The van der Waals surface area contributed by atoms with E-state index in [-0.39, 0.29) is 11.1 Å². The lowest BCUT2D eigenvalue weighted by atomic mass is 9.93. The normalized spacial score (nSPS) is 11.7. The van der Waals surface area contributed by atoms with E-state index in [1.807, 2.05) is 24.3 Å². The molecule has 0 aliphatic rings. The second kappa shape index (κ2) is 5.50. The van der Waals surface area contributed by atoms with Gasteiger partial charge in [0.05, 0.1) is 5.56 Å². The third-order valence-corrected chi connectivity index (χ3v) is 3.86. The van der Waals surface area contributed by atoms with Gasteiger partial charge in [-0.1, -0.05) is 24.3 Å². The predicted octanol–water partition coefficient (Wildman–Crippen LogP) is 5.04. The van der Waals surface area contributed by atoms with Crippen LogP contribution in [0.25, 0.3) is 21.9 Å². The van der Waals surface area contributed by atoms with Gasteiger partial charge in [0.15, 0.2) is 0 Å². The van der Waals surface area contributed by atoms with Crippen LogP contribution in [-0.4, -0.2) is 11.3 Å². The number of fused-ring (bicyclic) bond motifs is 1. The molecule has 1 aromatic heterocycles.